The maximum Gasteiger partial charge on any atom is 0.246 e. The average Bonchev–Trinajstić information content (AvgIpc) is 3.47. The summed E-state index contributed by atoms with van der Waals surface area (Å²) in [6.45, 7) is 0.926. The van der Waals surface area contributed by atoms with Crippen molar-refractivity contribution in [1.82, 2.24) is 14.8 Å². The number of hydrogen-bond acceptors (Lipinski definition) is 5. The summed E-state index contributed by atoms with van der Waals surface area (Å²) in [5, 5.41) is 10.1. The molecule has 8 heteroatoms. The summed E-state index contributed by atoms with van der Waals surface area (Å²) in [5.41, 5.74) is 3.93. The van der Waals surface area contributed by atoms with E-state index in [2.05, 4.69) is 11.1 Å². The molecule has 8 nitrogen and oxygen atoms in total. The monoisotopic (exact) mass is 461 g/mol. The lowest BCUT2D eigenvalue weighted by Crippen LogP contribution is -2.63. The summed E-state index contributed by atoms with van der Waals surface area (Å²) in [6.07, 6.45) is 2.79. The van der Waals surface area contributed by atoms with Gasteiger partial charge in [0.25, 0.3) is 0 Å². The van der Waals surface area contributed by atoms with Gasteiger partial charge >= 0.3 is 0 Å². The van der Waals surface area contributed by atoms with Crippen LogP contribution in [0.25, 0.3) is 10.9 Å². The number of carbonyl (C=O) groups is 2. The standard InChI is InChI=1S/C26H27N3O5/c30-11-5-1-4-10-28-14-23(31)29-20(26(28)32)13-18-17-6-2-3-7-19(17)27-24(18)25(29)16-8-9-21-22(12-16)34-15-33-21/h2-3,6-9,12,20,25,27,30H,1,4-5,10-11,13-15H2/t20-,25-/m1/s1. The Kier molecular flexibility index (Phi) is 5.17. The topological polar surface area (TPSA) is 95.1 Å². The van der Waals surface area contributed by atoms with E-state index in [9.17, 15) is 9.59 Å². The number of aromatic amines is 1. The summed E-state index contributed by atoms with van der Waals surface area (Å²) in [4.78, 5) is 34.2. The molecule has 0 bridgehead atoms. The Morgan fingerprint density at radius 2 is 1.88 bits per heavy atom. The van der Waals surface area contributed by atoms with Gasteiger partial charge in [0.05, 0.1) is 12.6 Å². The first-order chi connectivity index (χ1) is 16.7. The fourth-order valence-electron chi connectivity index (χ4n) is 5.53. The highest BCUT2D eigenvalue weighted by Crippen LogP contribution is 2.44. The zero-order valence-corrected chi connectivity index (χ0v) is 18.8. The minimum Gasteiger partial charge on any atom is -0.454 e. The number of amides is 2. The zero-order valence-electron chi connectivity index (χ0n) is 18.8. The van der Waals surface area contributed by atoms with Crippen molar-refractivity contribution in [3.8, 4) is 11.5 Å². The Hall–Kier alpha value is -3.52. The Morgan fingerprint density at radius 1 is 1.03 bits per heavy atom. The van der Waals surface area contributed by atoms with Gasteiger partial charge in [-0.1, -0.05) is 24.3 Å². The van der Waals surface area contributed by atoms with E-state index in [1.807, 2.05) is 36.4 Å². The van der Waals surface area contributed by atoms with E-state index in [0.29, 0.717) is 30.9 Å². The summed E-state index contributed by atoms with van der Waals surface area (Å²) < 4.78 is 11.1. The lowest BCUT2D eigenvalue weighted by atomic mass is 9.86. The highest BCUT2D eigenvalue weighted by atomic mass is 16.7. The minimum absolute atomic E-state index is 0.00901. The van der Waals surface area contributed by atoms with Crippen LogP contribution in [0.4, 0.5) is 0 Å². The number of piperazine rings is 1. The SMILES string of the molecule is O=C1[C@H]2Cc3c([nH]c4ccccc34)[C@@H](c3ccc4c(c3)OCO4)N2C(=O)CN1CCCCCO. The third kappa shape index (κ3) is 3.32. The normalized spacial score (nSPS) is 21.2. The van der Waals surface area contributed by atoms with E-state index in [4.69, 9.17) is 14.6 Å². The van der Waals surface area contributed by atoms with Gasteiger partial charge < -0.3 is 29.4 Å². The van der Waals surface area contributed by atoms with E-state index >= 15 is 0 Å². The van der Waals surface area contributed by atoms with Crippen LogP contribution in [0.5, 0.6) is 11.5 Å². The Labute approximate surface area is 197 Å². The van der Waals surface area contributed by atoms with E-state index in [1.165, 1.54) is 0 Å². The number of aromatic nitrogens is 1. The third-order valence-corrected chi connectivity index (χ3v) is 7.14. The van der Waals surface area contributed by atoms with Crippen LogP contribution < -0.4 is 9.47 Å². The van der Waals surface area contributed by atoms with Crippen molar-refractivity contribution in [1.29, 1.82) is 0 Å². The average molecular weight is 462 g/mol. The molecule has 0 unspecified atom stereocenters. The van der Waals surface area contributed by atoms with Crippen molar-refractivity contribution >= 4 is 22.7 Å². The van der Waals surface area contributed by atoms with Gasteiger partial charge in [0.15, 0.2) is 11.5 Å². The molecular formula is C26H27N3O5. The number of rotatable bonds is 6. The number of unbranched alkanes of at least 4 members (excludes halogenated alkanes) is 2. The largest absolute Gasteiger partial charge is 0.454 e. The fraction of sp³-hybridized carbons (Fsp3) is 0.385. The fourth-order valence-corrected chi connectivity index (χ4v) is 5.53. The van der Waals surface area contributed by atoms with Gasteiger partial charge in [-0.2, -0.15) is 0 Å². The second kappa shape index (κ2) is 8.36. The molecule has 2 amide bonds. The van der Waals surface area contributed by atoms with Gasteiger partial charge in [0, 0.05) is 36.2 Å². The molecule has 0 radical (unpaired) electrons. The van der Waals surface area contributed by atoms with Crippen molar-refractivity contribution in [2.24, 2.45) is 0 Å². The first-order valence-electron chi connectivity index (χ1n) is 11.9. The van der Waals surface area contributed by atoms with Crippen LogP contribution in [-0.4, -0.2) is 64.2 Å². The Balaban J connectivity index is 1.42. The van der Waals surface area contributed by atoms with Gasteiger partial charge in [0.1, 0.15) is 6.04 Å². The van der Waals surface area contributed by atoms with Gasteiger partial charge in [-0.25, -0.2) is 0 Å². The van der Waals surface area contributed by atoms with Crippen molar-refractivity contribution in [2.75, 3.05) is 26.5 Å². The van der Waals surface area contributed by atoms with E-state index in [1.54, 1.807) is 9.80 Å². The number of ether oxygens (including phenoxy) is 2. The van der Waals surface area contributed by atoms with Crippen molar-refractivity contribution < 1.29 is 24.2 Å². The third-order valence-electron chi connectivity index (χ3n) is 7.14. The number of benzene rings is 2. The van der Waals surface area contributed by atoms with Crippen LogP contribution >= 0.6 is 0 Å². The number of aliphatic hydroxyl groups excluding tert-OH is 1. The molecule has 1 aromatic heterocycles. The van der Waals surface area contributed by atoms with Crippen LogP contribution in [0.3, 0.4) is 0 Å². The number of hydrogen-bond donors (Lipinski definition) is 2. The highest BCUT2D eigenvalue weighted by Gasteiger charge is 2.48. The molecule has 6 rings (SSSR count). The molecule has 1 saturated heterocycles. The second-order valence-electron chi connectivity index (χ2n) is 9.14. The van der Waals surface area contributed by atoms with Crippen LogP contribution in [0.1, 0.15) is 42.1 Å². The predicted octanol–water partition coefficient (Wildman–Crippen LogP) is 2.74. The molecule has 0 aliphatic carbocycles. The number of nitrogens with zero attached hydrogens (tertiary/aromatic N) is 2. The van der Waals surface area contributed by atoms with Crippen LogP contribution in [0.15, 0.2) is 42.5 Å². The van der Waals surface area contributed by atoms with Crippen molar-refractivity contribution in [3.63, 3.8) is 0 Å². The van der Waals surface area contributed by atoms with Gasteiger partial charge in [-0.15, -0.1) is 0 Å². The molecule has 34 heavy (non-hydrogen) atoms. The molecule has 0 spiro atoms. The highest BCUT2D eigenvalue weighted by molar-refractivity contribution is 5.97. The van der Waals surface area contributed by atoms with Crippen LogP contribution in [0, 0.1) is 0 Å². The number of H-pyrrole nitrogens is 1. The molecule has 3 aliphatic rings. The quantitative estimate of drug-likeness (QED) is 0.551. The number of para-hydroxylation sites is 1. The minimum atomic E-state index is -0.554. The second-order valence-corrected chi connectivity index (χ2v) is 9.14. The van der Waals surface area contributed by atoms with Crippen molar-refractivity contribution in [3.05, 3.63) is 59.3 Å². The first-order valence-corrected chi connectivity index (χ1v) is 11.9. The number of carbonyl (C=O) groups excluding carboxylic acids is 2. The zero-order chi connectivity index (χ0) is 23.2. The smallest absolute Gasteiger partial charge is 0.246 e. The van der Waals surface area contributed by atoms with Crippen molar-refractivity contribution in [2.45, 2.75) is 37.8 Å². The predicted molar refractivity (Wildman–Crippen MR) is 125 cm³/mol. The molecular weight excluding hydrogens is 434 g/mol. The summed E-state index contributed by atoms with van der Waals surface area (Å²) in [5.74, 6) is 1.27. The van der Waals surface area contributed by atoms with Gasteiger partial charge in [-0.05, 0) is 48.6 Å². The summed E-state index contributed by atoms with van der Waals surface area (Å²) >= 11 is 0. The van der Waals surface area contributed by atoms with Gasteiger partial charge in [-0.3, -0.25) is 9.59 Å². The summed E-state index contributed by atoms with van der Waals surface area (Å²) in [7, 11) is 0. The lowest BCUT2D eigenvalue weighted by Gasteiger charge is -2.47. The molecule has 1 fully saturated rings. The van der Waals surface area contributed by atoms with Crippen LogP contribution in [0.2, 0.25) is 0 Å². The number of nitrogens with one attached hydrogen (secondary N) is 1. The van der Waals surface area contributed by atoms with Crippen LogP contribution in [-0.2, 0) is 16.0 Å². The lowest BCUT2D eigenvalue weighted by molar-refractivity contribution is -0.158. The molecule has 2 aromatic carbocycles. The molecule has 3 aliphatic heterocycles. The molecule has 3 aromatic rings. The van der Waals surface area contributed by atoms with Gasteiger partial charge in [0.2, 0.25) is 18.6 Å². The maximum absolute atomic E-state index is 13.6. The maximum atomic E-state index is 13.6. The Bertz CT molecular complexity index is 1270. The number of fused-ring (bicyclic) bond motifs is 5. The molecule has 176 valence electrons. The van der Waals surface area contributed by atoms with E-state index < -0.39 is 12.1 Å². The molecule has 0 saturated carbocycles. The Morgan fingerprint density at radius 3 is 2.76 bits per heavy atom. The van der Waals surface area contributed by atoms with E-state index in [-0.39, 0.29) is 31.8 Å². The van der Waals surface area contributed by atoms with E-state index in [0.717, 1.165) is 40.6 Å². The molecule has 2 N–H and O–H groups in total. The summed E-state index contributed by atoms with van der Waals surface area (Å²) in [6, 6.07) is 12.9. The molecule has 4 heterocycles. The number of aliphatic hydroxyl groups is 1. The molecule has 2 atom stereocenters. The first kappa shape index (κ1) is 21.0.